The first kappa shape index (κ1) is 13.9. The molecule has 0 saturated carbocycles. The topological polar surface area (TPSA) is 30.5 Å². The van der Waals surface area contributed by atoms with Crippen molar-refractivity contribution in [2.75, 3.05) is 19.7 Å². The standard InChI is InChI=1S/C17H25NO2/c1-4-19-16-11-17(5-7-18-8-6-17)20-15-10-13(3)12(2)9-14(15)16/h9-10,16,18H,4-8,11H2,1-3H3. The van der Waals surface area contributed by atoms with Gasteiger partial charge < -0.3 is 14.8 Å². The second kappa shape index (κ2) is 5.38. The van der Waals surface area contributed by atoms with Crippen LogP contribution in [0.3, 0.4) is 0 Å². The molecular formula is C17H25NO2. The molecule has 1 unspecified atom stereocenters. The highest BCUT2D eigenvalue weighted by Crippen LogP contribution is 2.45. The largest absolute Gasteiger partial charge is 0.487 e. The van der Waals surface area contributed by atoms with Crippen LogP contribution in [0.15, 0.2) is 12.1 Å². The lowest BCUT2D eigenvalue weighted by Crippen LogP contribution is -2.49. The molecule has 0 aromatic heterocycles. The quantitative estimate of drug-likeness (QED) is 0.898. The maximum absolute atomic E-state index is 6.45. The van der Waals surface area contributed by atoms with Gasteiger partial charge in [-0.25, -0.2) is 0 Å². The van der Waals surface area contributed by atoms with Gasteiger partial charge in [0.15, 0.2) is 0 Å². The highest BCUT2D eigenvalue weighted by atomic mass is 16.5. The minimum atomic E-state index is -0.0280. The van der Waals surface area contributed by atoms with Crippen LogP contribution in [0.5, 0.6) is 5.75 Å². The van der Waals surface area contributed by atoms with Crippen LogP contribution in [0.4, 0.5) is 0 Å². The Bertz CT molecular complexity index is 492. The highest BCUT2D eigenvalue weighted by Gasteiger charge is 2.42. The Hall–Kier alpha value is -1.06. The number of aryl methyl sites for hydroxylation is 2. The number of benzene rings is 1. The summed E-state index contributed by atoms with van der Waals surface area (Å²) < 4.78 is 12.5. The third-order valence-electron chi connectivity index (χ3n) is 4.74. The molecule has 2 heterocycles. The lowest BCUT2D eigenvalue weighted by atomic mass is 9.81. The summed E-state index contributed by atoms with van der Waals surface area (Å²) in [4.78, 5) is 0. The Morgan fingerprint density at radius 2 is 1.95 bits per heavy atom. The Labute approximate surface area is 121 Å². The molecule has 0 bridgehead atoms. The van der Waals surface area contributed by atoms with Crippen LogP contribution in [-0.4, -0.2) is 25.3 Å². The second-order valence-corrected chi connectivity index (χ2v) is 6.16. The monoisotopic (exact) mass is 275 g/mol. The zero-order chi connectivity index (χ0) is 14.2. The van der Waals surface area contributed by atoms with E-state index < -0.39 is 0 Å². The van der Waals surface area contributed by atoms with E-state index in [9.17, 15) is 0 Å². The van der Waals surface area contributed by atoms with Crippen LogP contribution in [0, 0.1) is 13.8 Å². The van der Waals surface area contributed by atoms with Crippen molar-refractivity contribution in [3.63, 3.8) is 0 Å². The van der Waals surface area contributed by atoms with Crippen LogP contribution >= 0.6 is 0 Å². The van der Waals surface area contributed by atoms with E-state index in [2.05, 4.69) is 38.2 Å². The highest BCUT2D eigenvalue weighted by molar-refractivity contribution is 5.45. The summed E-state index contributed by atoms with van der Waals surface area (Å²) in [6.07, 6.45) is 3.31. The third-order valence-corrected chi connectivity index (χ3v) is 4.74. The smallest absolute Gasteiger partial charge is 0.126 e. The Balaban J connectivity index is 1.98. The summed E-state index contributed by atoms with van der Waals surface area (Å²) in [5, 5.41) is 3.43. The molecule has 110 valence electrons. The predicted octanol–water partition coefficient (Wildman–Crippen LogP) is 3.29. The SMILES string of the molecule is CCOC1CC2(CCNCC2)Oc2cc(C)c(C)cc21. The second-order valence-electron chi connectivity index (χ2n) is 6.16. The van der Waals surface area contributed by atoms with Crippen molar-refractivity contribution < 1.29 is 9.47 Å². The molecule has 0 amide bonds. The number of nitrogens with one attached hydrogen (secondary N) is 1. The van der Waals surface area contributed by atoms with Gasteiger partial charge in [-0.2, -0.15) is 0 Å². The lowest BCUT2D eigenvalue weighted by molar-refractivity contribution is -0.0590. The summed E-state index contributed by atoms with van der Waals surface area (Å²) in [6, 6.07) is 4.44. The van der Waals surface area contributed by atoms with Crippen LogP contribution in [0.25, 0.3) is 0 Å². The average Bonchev–Trinajstić information content (AvgIpc) is 2.42. The van der Waals surface area contributed by atoms with E-state index in [0.29, 0.717) is 0 Å². The molecule has 1 atom stereocenters. The molecule has 1 aromatic carbocycles. The van der Waals surface area contributed by atoms with Crippen LogP contribution in [0.2, 0.25) is 0 Å². The van der Waals surface area contributed by atoms with Crippen molar-refractivity contribution >= 4 is 0 Å². The maximum atomic E-state index is 6.45. The lowest BCUT2D eigenvalue weighted by Gasteiger charge is -2.44. The first-order valence-electron chi connectivity index (χ1n) is 7.76. The van der Waals surface area contributed by atoms with Crippen LogP contribution in [0.1, 0.15) is 49.0 Å². The van der Waals surface area contributed by atoms with Crippen molar-refractivity contribution in [1.82, 2.24) is 5.32 Å². The van der Waals surface area contributed by atoms with E-state index in [0.717, 1.165) is 44.7 Å². The van der Waals surface area contributed by atoms with Gasteiger partial charge in [0.1, 0.15) is 11.4 Å². The number of fused-ring (bicyclic) bond motifs is 1. The fourth-order valence-electron chi connectivity index (χ4n) is 3.41. The van der Waals surface area contributed by atoms with E-state index in [1.807, 2.05) is 0 Å². The van der Waals surface area contributed by atoms with Crippen molar-refractivity contribution in [2.24, 2.45) is 0 Å². The summed E-state index contributed by atoms with van der Waals surface area (Å²) in [5.74, 6) is 1.04. The molecule has 1 N–H and O–H groups in total. The number of ether oxygens (including phenoxy) is 2. The molecule has 1 spiro atoms. The van der Waals surface area contributed by atoms with Gasteiger partial charge in [0, 0.05) is 18.6 Å². The number of hydrogen-bond donors (Lipinski definition) is 1. The van der Waals surface area contributed by atoms with Gasteiger partial charge in [-0.1, -0.05) is 0 Å². The van der Waals surface area contributed by atoms with E-state index in [-0.39, 0.29) is 11.7 Å². The number of piperidine rings is 1. The third kappa shape index (κ3) is 2.45. The molecule has 2 aliphatic heterocycles. The predicted molar refractivity (Wildman–Crippen MR) is 80.4 cm³/mol. The summed E-state index contributed by atoms with van der Waals surface area (Å²) in [7, 11) is 0. The summed E-state index contributed by atoms with van der Waals surface area (Å²) in [6.45, 7) is 9.22. The molecular weight excluding hydrogens is 250 g/mol. The molecule has 1 saturated heterocycles. The van der Waals surface area contributed by atoms with E-state index in [4.69, 9.17) is 9.47 Å². The van der Waals surface area contributed by atoms with Gasteiger partial charge in [-0.15, -0.1) is 0 Å². The first-order valence-corrected chi connectivity index (χ1v) is 7.76. The fraction of sp³-hybridized carbons (Fsp3) is 0.647. The van der Waals surface area contributed by atoms with Crippen molar-refractivity contribution in [3.05, 3.63) is 28.8 Å². The van der Waals surface area contributed by atoms with Gasteiger partial charge in [0.2, 0.25) is 0 Å². The molecule has 0 aliphatic carbocycles. The summed E-state index contributed by atoms with van der Waals surface area (Å²) in [5.41, 5.74) is 3.82. The Morgan fingerprint density at radius 3 is 2.65 bits per heavy atom. The van der Waals surface area contributed by atoms with Crippen molar-refractivity contribution in [2.45, 2.75) is 51.7 Å². The molecule has 3 nitrogen and oxygen atoms in total. The average molecular weight is 275 g/mol. The van der Waals surface area contributed by atoms with Gasteiger partial charge in [-0.05, 0) is 70.0 Å². The normalized spacial score (nSPS) is 24.2. The minimum absolute atomic E-state index is 0.0280. The molecule has 1 aromatic rings. The molecule has 0 radical (unpaired) electrons. The molecule has 3 rings (SSSR count). The van der Waals surface area contributed by atoms with Gasteiger partial charge in [0.05, 0.1) is 6.10 Å². The summed E-state index contributed by atoms with van der Waals surface area (Å²) >= 11 is 0. The van der Waals surface area contributed by atoms with Gasteiger partial charge in [-0.3, -0.25) is 0 Å². The zero-order valence-electron chi connectivity index (χ0n) is 12.8. The molecule has 20 heavy (non-hydrogen) atoms. The maximum Gasteiger partial charge on any atom is 0.126 e. The first-order chi connectivity index (χ1) is 9.63. The Morgan fingerprint density at radius 1 is 1.25 bits per heavy atom. The fourth-order valence-corrected chi connectivity index (χ4v) is 3.41. The number of hydrogen-bond acceptors (Lipinski definition) is 3. The van der Waals surface area contributed by atoms with E-state index in [1.165, 1.54) is 16.7 Å². The van der Waals surface area contributed by atoms with E-state index in [1.54, 1.807) is 0 Å². The van der Waals surface area contributed by atoms with Gasteiger partial charge in [0.25, 0.3) is 0 Å². The Kier molecular flexibility index (Phi) is 3.74. The minimum Gasteiger partial charge on any atom is -0.487 e. The zero-order valence-corrected chi connectivity index (χ0v) is 12.8. The van der Waals surface area contributed by atoms with Crippen LogP contribution in [-0.2, 0) is 4.74 Å². The molecule has 3 heteroatoms. The molecule has 1 fully saturated rings. The molecule has 2 aliphatic rings. The van der Waals surface area contributed by atoms with Crippen molar-refractivity contribution in [3.8, 4) is 5.75 Å². The van der Waals surface area contributed by atoms with Crippen LogP contribution < -0.4 is 10.1 Å². The van der Waals surface area contributed by atoms with Gasteiger partial charge >= 0.3 is 0 Å². The van der Waals surface area contributed by atoms with E-state index >= 15 is 0 Å². The number of rotatable bonds is 2. The van der Waals surface area contributed by atoms with Crippen molar-refractivity contribution in [1.29, 1.82) is 0 Å².